The predicted molar refractivity (Wildman–Crippen MR) is 279 cm³/mol. The normalized spacial score (nSPS) is 15.9. The Hall–Kier alpha value is -5.66. The summed E-state index contributed by atoms with van der Waals surface area (Å²) in [4.78, 5) is 69.0. The Bertz CT molecular complexity index is 2290. The first-order valence-electron chi connectivity index (χ1n) is 24.5. The summed E-state index contributed by atoms with van der Waals surface area (Å²) in [5.74, 6) is -0.415. The molecular weight excluding hydrogens is 923 g/mol. The average molecular weight is 1000 g/mol. The van der Waals surface area contributed by atoms with E-state index in [0.29, 0.717) is 35.9 Å². The Balaban J connectivity index is 1.30. The fourth-order valence-electron chi connectivity index (χ4n) is 9.24. The van der Waals surface area contributed by atoms with E-state index in [1.165, 1.54) is 6.08 Å². The van der Waals surface area contributed by atoms with E-state index >= 15 is 0 Å². The number of carbonyl (C=O) groups is 5. The number of anilines is 2. The number of hydrogen-bond donors (Lipinski definition) is 4. The first-order valence-corrected chi connectivity index (χ1v) is 29.5. The molecule has 2 atom stereocenters. The highest BCUT2D eigenvalue weighted by Gasteiger charge is 2.54. The summed E-state index contributed by atoms with van der Waals surface area (Å²) in [7, 11) is -3.08. The molecule has 5 rings (SSSR count). The van der Waals surface area contributed by atoms with Gasteiger partial charge in [0.1, 0.15) is 25.0 Å². The lowest BCUT2D eigenvalue weighted by atomic mass is 10.0. The molecule has 3 aromatic carbocycles. The number of nitrogens with one attached hydrogen (secondary N) is 4. The smallest absolute Gasteiger partial charge is 0.411 e. The molecule has 5 amide bonds. The molecule has 17 heteroatoms. The molecule has 382 valence electrons. The van der Waals surface area contributed by atoms with Crippen molar-refractivity contribution in [1.29, 1.82) is 0 Å². The summed E-state index contributed by atoms with van der Waals surface area (Å²) in [6.07, 6.45) is 3.02. The van der Waals surface area contributed by atoms with Crippen molar-refractivity contribution < 1.29 is 47.0 Å². The summed E-state index contributed by atoms with van der Waals surface area (Å²) < 4.78 is 30.6. The van der Waals surface area contributed by atoms with E-state index in [2.05, 4.69) is 103 Å². The molecule has 1 saturated heterocycles. The lowest BCUT2D eigenvalue weighted by Crippen LogP contribution is -2.50. The molecular formula is C53H77N5O10Si2. The second-order valence-corrected chi connectivity index (χ2v) is 31.5. The zero-order chi connectivity index (χ0) is 51.6. The summed E-state index contributed by atoms with van der Waals surface area (Å²) in [5, 5.41) is 10.8. The van der Waals surface area contributed by atoms with Crippen LogP contribution in [0.5, 0.6) is 11.5 Å². The Morgan fingerprint density at radius 2 is 1.49 bits per heavy atom. The van der Waals surface area contributed by atoms with Crippen LogP contribution in [0.3, 0.4) is 0 Å². The van der Waals surface area contributed by atoms with Gasteiger partial charge in [-0.15, -0.1) is 0 Å². The number of benzene rings is 3. The Morgan fingerprint density at radius 3 is 2.06 bits per heavy atom. The number of likely N-dealkylation sites (tertiary alicyclic amines) is 1. The number of methoxy groups -OCH3 is 1. The van der Waals surface area contributed by atoms with Gasteiger partial charge in [-0.25, -0.2) is 9.59 Å². The molecule has 1 saturated carbocycles. The average Bonchev–Trinajstić information content (AvgIpc) is 3.96. The molecule has 1 spiro atoms. The Kier molecular flexibility index (Phi) is 18.6. The van der Waals surface area contributed by atoms with Crippen LogP contribution in [0.4, 0.5) is 21.0 Å². The molecule has 2 fully saturated rings. The number of rotatable bonds is 22. The van der Waals surface area contributed by atoms with Crippen molar-refractivity contribution in [3.8, 4) is 11.5 Å². The Labute approximate surface area is 417 Å². The minimum Gasteiger partial charge on any atom is -0.540 e. The van der Waals surface area contributed by atoms with Gasteiger partial charge in [0.05, 0.1) is 37.6 Å². The van der Waals surface area contributed by atoms with Crippen molar-refractivity contribution in [2.24, 2.45) is 5.41 Å². The first-order chi connectivity index (χ1) is 32.9. The van der Waals surface area contributed by atoms with Gasteiger partial charge in [-0.05, 0) is 88.8 Å². The predicted octanol–water partition coefficient (Wildman–Crippen LogP) is 10.6. The number of amides is 5. The topological polar surface area (TPSA) is 183 Å². The number of hydrogen-bond acceptors (Lipinski definition) is 10. The molecule has 1 aliphatic heterocycles. The summed E-state index contributed by atoms with van der Waals surface area (Å²) in [6.45, 7) is 28.3. The van der Waals surface area contributed by atoms with Crippen molar-refractivity contribution in [2.75, 3.05) is 44.0 Å². The van der Waals surface area contributed by atoms with Gasteiger partial charge in [-0.1, -0.05) is 117 Å². The van der Waals surface area contributed by atoms with Gasteiger partial charge in [0.25, 0.3) is 14.2 Å². The number of carbonyl (C=O) groups excluding carboxylic acids is 5. The van der Waals surface area contributed by atoms with Gasteiger partial charge in [-0.2, -0.15) is 0 Å². The highest BCUT2D eigenvalue weighted by atomic mass is 28.4. The molecule has 0 radical (unpaired) electrons. The number of ether oxygens (including phenoxy) is 3. The van der Waals surface area contributed by atoms with Crippen LogP contribution in [-0.2, 0) is 36.5 Å². The van der Waals surface area contributed by atoms with Crippen LogP contribution in [0.1, 0.15) is 103 Å². The molecule has 3 aromatic rings. The van der Waals surface area contributed by atoms with Crippen LogP contribution in [0.25, 0.3) is 0 Å². The van der Waals surface area contributed by atoms with E-state index in [4.69, 9.17) is 23.1 Å². The van der Waals surface area contributed by atoms with E-state index in [-0.39, 0.29) is 76.5 Å². The maximum Gasteiger partial charge on any atom is 0.411 e. The molecule has 4 N–H and O–H groups in total. The third kappa shape index (κ3) is 14.0. The number of nitrogens with zero attached hydrogens (tertiary/aromatic N) is 1. The lowest BCUT2D eigenvalue weighted by Gasteiger charge is -2.42. The van der Waals surface area contributed by atoms with E-state index in [9.17, 15) is 24.0 Å². The van der Waals surface area contributed by atoms with Crippen LogP contribution in [0.2, 0.25) is 34.8 Å². The van der Waals surface area contributed by atoms with Crippen LogP contribution >= 0.6 is 0 Å². The minimum atomic E-state index is -2.52. The van der Waals surface area contributed by atoms with Crippen molar-refractivity contribution >= 4 is 57.9 Å². The van der Waals surface area contributed by atoms with E-state index < -0.39 is 46.7 Å². The van der Waals surface area contributed by atoms with Gasteiger partial charge in [0, 0.05) is 24.7 Å². The largest absolute Gasteiger partial charge is 0.540 e. The molecule has 0 aromatic heterocycles. The summed E-state index contributed by atoms with van der Waals surface area (Å²) in [6, 6.07) is 18.1. The Morgan fingerprint density at radius 1 is 0.843 bits per heavy atom. The molecule has 15 nitrogen and oxygen atoms in total. The molecule has 1 unspecified atom stereocenters. The third-order valence-electron chi connectivity index (χ3n) is 14.3. The van der Waals surface area contributed by atoms with Crippen LogP contribution in [0.15, 0.2) is 79.4 Å². The fourth-order valence-corrected chi connectivity index (χ4v) is 15.5. The second-order valence-electron chi connectivity index (χ2n) is 21.3. The highest BCUT2D eigenvalue weighted by molar-refractivity contribution is 6.78. The van der Waals surface area contributed by atoms with Gasteiger partial charge in [0.15, 0.2) is 14.1 Å². The monoisotopic (exact) mass is 1000 g/mol. The third-order valence-corrected chi connectivity index (χ3v) is 24.8. The molecule has 70 heavy (non-hydrogen) atoms. The second kappa shape index (κ2) is 23.5. The zero-order valence-electron chi connectivity index (χ0n) is 43.4. The standard InChI is InChI=1S/C53H77N5O10Si2/c1-14-26-65-50(62)57-44(27-38-18-16-15-17-19-38)48(60)54-31-47(59)55-40-22-20-39(21-23-40)32-66-51(63)56-43-29-46(68-70(35(2)3,36(4)5)37(6)7)45(64-11)28-42(43)49(61)58-34-53(24-25-53)30-41(58)33-67-69(12,13)52(8,9)10/h14-23,28-29,35-37,41,44H,1,24-27,30-34H2,2-13H3,(H,54,60)(H,55,59)(H,56,63)(H,57,62)/t41-,44?/m0/s1. The molecule has 1 aliphatic carbocycles. The molecule has 2 aliphatic rings. The van der Waals surface area contributed by atoms with Gasteiger partial charge < -0.3 is 43.9 Å². The van der Waals surface area contributed by atoms with Gasteiger partial charge in [0.2, 0.25) is 11.8 Å². The van der Waals surface area contributed by atoms with Crippen molar-refractivity contribution in [3.63, 3.8) is 0 Å². The zero-order valence-corrected chi connectivity index (χ0v) is 45.4. The molecule has 1 heterocycles. The van der Waals surface area contributed by atoms with Crippen molar-refractivity contribution in [1.82, 2.24) is 15.5 Å². The fraction of sp³-hybridized carbons (Fsp3) is 0.528. The SMILES string of the molecule is C=CCOC(=O)NC(Cc1ccccc1)C(=O)NCC(=O)Nc1ccc(COC(=O)Nc2cc(O[Si](C(C)C)(C(C)C)C(C)C)c(OC)cc2C(=O)N2CC3(CC3)C[C@H]2CO[Si](C)(C)C(C)(C)C)cc1. The maximum absolute atomic E-state index is 14.9. The summed E-state index contributed by atoms with van der Waals surface area (Å²) in [5.41, 5.74) is 3.22. The minimum absolute atomic E-state index is 0.0101. The quantitative estimate of drug-likeness (QED) is 0.0558. The van der Waals surface area contributed by atoms with Crippen LogP contribution in [-0.4, -0.2) is 96.9 Å². The van der Waals surface area contributed by atoms with Crippen molar-refractivity contribution in [3.05, 3.63) is 96.1 Å². The number of alkyl carbamates (subject to hydrolysis) is 1. The van der Waals surface area contributed by atoms with Crippen molar-refractivity contribution in [2.45, 2.75) is 141 Å². The van der Waals surface area contributed by atoms with Gasteiger partial charge in [-0.3, -0.25) is 19.7 Å². The first kappa shape index (κ1) is 55.3. The van der Waals surface area contributed by atoms with E-state index in [1.807, 2.05) is 35.2 Å². The lowest BCUT2D eigenvalue weighted by molar-refractivity contribution is -0.125. The van der Waals surface area contributed by atoms with Crippen LogP contribution < -0.4 is 30.4 Å². The van der Waals surface area contributed by atoms with E-state index in [1.54, 1.807) is 43.5 Å². The van der Waals surface area contributed by atoms with Crippen LogP contribution in [0, 0.1) is 5.41 Å². The maximum atomic E-state index is 14.9. The van der Waals surface area contributed by atoms with Gasteiger partial charge >= 0.3 is 12.2 Å². The van der Waals surface area contributed by atoms with E-state index in [0.717, 1.165) is 24.8 Å². The molecule has 0 bridgehead atoms. The summed E-state index contributed by atoms with van der Waals surface area (Å²) >= 11 is 0. The highest BCUT2D eigenvalue weighted by Crippen LogP contribution is 2.56.